The summed E-state index contributed by atoms with van der Waals surface area (Å²) in [6.07, 6.45) is 3.31. The van der Waals surface area contributed by atoms with E-state index >= 15 is 0 Å². The van der Waals surface area contributed by atoms with E-state index in [0.29, 0.717) is 6.42 Å². The minimum atomic E-state index is -3.97. The highest BCUT2D eigenvalue weighted by Crippen LogP contribution is 2.02. The molecule has 90 valence electrons. The minimum Gasteiger partial charge on any atom is -0.345 e. The van der Waals surface area contributed by atoms with Gasteiger partial charge in [-0.3, -0.25) is 9.35 Å². The fourth-order valence-corrected chi connectivity index (χ4v) is 1.60. The third-order valence-corrected chi connectivity index (χ3v) is 2.80. The third-order valence-electron chi connectivity index (χ3n) is 2.10. The molecular formula is C9H19NO4S. The minimum absolute atomic E-state index is 0.0454. The van der Waals surface area contributed by atoms with Gasteiger partial charge < -0.3 is 4.90 Å². The molecule has 0 aromatic carbocycles. The van der Waals surface area contributed by atoms with E-state index in [0.717, 1.165) is 19.3 Å². The number of carbonyl (C=O) groups excluding carboxylic acids is 1. The molecule has 0 heterocycles. The van der Waals surface area contributed by atoms with Crippen molar-refractivity contribution in [2.24, 2.45) is 0 Å². The molecule has 0 atom stereocenters. The van der Waals surface area contributed by atoms with Crippen LogP contribution in [-0.2, 0) is 14.9 Å². The van der Waals surface area contributed by atoms with Crippen molar-refractivity contribution in [1.29, 1.82) is 0 Å². The highest BCUT2D eigenvalue weighted by molar-refractivity contribution is 7.85. The van der Waals surface area contributed by atoms with Gasteiger partial charge in [-0.1, -0.05) is 19.8 Å². The maximum absolute atomic E-state index is 11.4. The van der Waals surface area contributed by atoms with Crippen LogP contribution in [0.3, 0.4) is 0 Å². The van der Waals surface area contributed by atoms with E-state index in [9.17, 15) is 13.2 Å². The maximum Gasteiger partial charge on any atom is 0.266 e. The lowest BCUT2D eigenvalue weighted by Gasteiger charge is -2.15. The van der Waals surface area contributed by atoms with Crippen LogP contribution in [0.5, 0.6) is 0 Å². The number of hydrogen-bond acceptors (Lipinski definition) is 3. The van der Waals surface area contributed by atoms with Gasteiger partial charge in [0.1, 0.15) is 0 Å². The average Bonchev–Trinajstić information content (AvgIpc) is 2.13. The summed E-state index contributed by atoms with van der Waals surface area (Å²) in [5.41, 5.74) is 0. The van der Waals surface area contributed by atoms with Crippen LogP contribution in [0.1, 0.15) is 32.6 Å². The van der Waals surface area contributed by atoms with Crippen LogP contribution in [0.25, 0.3) is 0 Å². The SMILES string of the molecule is CCCCCC(=O)N(C)CCS(=O)(=O)O. The van der Waals surface area contributed by atoms with Crippen LogP contribution >= 0.6 is 0 Å². The molecule has 0 saturated heterocycles. The number of nitrogens with zero attached hydrogens (tertiary/aromatic N) is 1. The molecule has 0 bridgehead atoms. The van der Waals surface area contributed by atoms with Crippen molar-refractivity contribution >= 4 is 16.0 Å². The van der Waals surface area contributed by atoms with E-state index in [1.54, 1.807) is 7.05 Å². The van der Waals surface area contributed by atoms with E-state index < -0.39 is 15.9 Å². The molecule has 0 aromatic rings. The Morgan fingerprint density at radius 1 is 1.33 bits per heavy atom. The fraction of sp³-hybridized carbons (Fsp3) is 0.889. The second kappa shape index (κ2) is 6.79. The van der Waals surface area contributed by atoms with Gasteiger partial charge >= 0.3 is 0 Å². The lowest BCUT2D eigenvalue weighted by molar-refractivity contribution is -0.129. The van der Waals surface area contributed by atoms with Crippen LogP contribution in [0.2, 0.25) is 0 Å². The standard InChI is InChI=1S/C9H19NO4S/c1-3-4-5-6-9(11)10(2)7-8-15(12,13)14/h3-8H2,1-2H3,(H,12,13,14). The second-order valence-corrected chi connectivity index (χ2v) is 5.13. The first-order valence-corrected chi connectivity index (χ1v) is 6.67. The number of amides is 1. The summed E-state index contributed by atoms with van der Waals surface area (Å²) < 4.78 is 29.4. The van der Waals surface area contributed by atoms with E-state index in [4.69, 9.17) is 4.55 Å². The van der Waals surface area contributed by atoms with Crippen molar-refractivity contribution in [2.45, 2.75) is 32.6 Å². The molecule has 0 aliphatic rings. The summed E-state index contributed by atoms with van der Waals surface area (Å²) >= 11 is 0. The monoisotopic (exact) mass is 237 g/mol. The molecule has 0 rings (SSSR count). The van der Waals surface area contributed by atoms with Gasteiger partial charge in [-0.05, 0) is 6.42 Å². The van der Waals surface area contributed by atoms with E-state index in [-0.39, 0.29) is 12.5 Å². The summed E-state index contributed by atoms with van der Waals surface area (Å²) in [4.78, 5) is 12.7. The Balaban J connectivity index is 3.79. The molecule has 0 unspecified atom stereocenters. The molecular weight excluding hydrogens is 218 g/mol. The lowest BCUT2D eigenvalue weighted by atomic mass is 10.2. The van der Waals surface area contributed by atoms with Crippen molar-refractivity contribution in [1.82, 2.24) is 4.90 Å². The van der Waals surface area contributed by atoms with Gasteiger partial charge in [-0.15, -0.1) is 0 Å². The van der Waals surface area contributed by atoms with Crippen LogP contribution < -0.4 is 0 Å². The summed E-state index contributed by atoms with van der Waals surface area (Å²) in [6.45, 7) is 2.09. The molecule has 0 spiro atoms. The van der Waals surface area contributed by atoms with Gasteiger partial charge in [-0.25, -0.2) is 0 Å². The Kier molecular flexibility index (Phi) is 6.51. The number of carbonyl (C=O) groups is 1. The Hall–Kier alpha value is -0.620. The highest BCUT2D eigenvalue weighted by Gasteiger charge is 2.11. The number of hydrogen-bond donors (Lipinski definition) is 1. The van der Waals surface area contributed by atoms with Gasteiger partial charge in [-0.2, -0.15) is 8.42 Å². The predicted octanol–water partition coefficient (Wildman–Crippen LogP) is 0.913. The highest BCUT2D eigenvalue weighted by atomic mass is 32.2. The van der Waals surface area contributed by atoms with Gasteiger partial charge in [0.05, 0.1) is 5.75 Å². The molecule has 0 aromatic heterocycles. The lowest BCUT2D eigenvalue weighted by Crippen LogP contribution is -2.31. The van der Waals surface area contributed by atoms with Gasteiger partial charge in [0.15, 0.2) is 0 Å². The Bertz CT molecular complexity index is 286. The van der Waals surface area contributed by atoms with Crippen molar-refractivity contribution in [3.05, 3.63) is 0 Å². The zero-order valence-electron chi connectivity index (χ0n) is 9.27. The van der Waals surface area contributed by atoms with E-state index in [2.05, 4.69) is 0 Å². The molecule has 0 fully saturated rings. The Labute approximate surface area is 91.2 Å². The summed E-state index contributed by atoms with van der Waals surface area (Å²) in [7, 11) is -2.43. The molecule has 0 aliphatic carbocycles. The first-order chi connectivity index (χ1) is 6.87. The zero-order valence-corrected chi connectivity index (χ0v) is 10.1. The molecule has 0 radical (unpaired) electrons. The Morgan fingerprint density at radius 2 is 1.93 bits per heavy atom. The molecule has 0 saturated carbocycles. The van der Waals surface area contributed by atoms with Crippen LogP contribution in [0.15, 0.2) is 0 Å². The molecule has 5 nitrogen and oxygen atoms in total. The van der Waals surface area contributed by atoms with Crippen molar-refractivity contribution in [3.8, 4) is 0 Å². The first-order valence-electron chi connectivity index (χ1n) is 5.06. The quantitative estimate of drug-likeness (QED) is 0.527. The molecule has 0 aliphatic heterocycles. The van der Waals surface area contributed by atoms with Crippen LogP contribution in [0.4, 0.5) is 0 Å². The van der Waals surface area contributed by atoms with E-state index in [1.165, 1.54) is 4.90 Å². The summed E-state index contributed by atoms with van der Waals surface area (Å²) in [6, 6.07) is 0. The second-order valence-electron chi connectivity index (χ2n) is 3.56. The largest absolute Gasteiger partial charge is 0.345 e. The summed E-state index contributed by atoms with van der Waals surface area (Å²) in [5.74, 6) is -0.477. The first kappa shape index (κ1) is 14.4. The molecule has 1 amide bonds. The average molecular weight is 237 g/mol. The van der Waals surface area contributed by atoms with E-state index in [1.807, 2.05) is 6.92 Å². The summed E-state index contributed by atoms with van der Waals surface area (Å²) in [5, 5.41) is 0. The fourth-order valence-electron chi connectivity index (χ4n) is 1.09. The van der Waals surface area contributed by atoms with Crippen LogP contribution in [-0.4, -0.2) is 43.1 Å². The number of unbranched alkanes of at least 4 members (excludes halogenated alkanes) is 2. The maximum atomic E-state index is 11.4. The van der Waals surface area contributed by atoms with Crippen molar-refractivity contribution < 1.29 is 17.8 Å². The zero-order chi connectivity index (χ0) is 11.9. The molecule has 1 N–H and O–H groups in total. The Morgan fingerprint density at radius 3 is 2.40 bits per heavy atom. The third kappa shape index (κ3) is 8.38. The topological polar surface area (TPSA) is 74.7 Å². The smallest absolute Gasteiger partial charge is 0.266 e. The molecule has 6 heteroatoms. The molecule has 15 heavy (non-hydrogen) atoms. The van der Waals surface area contributed by atoms with Gasteiger partial charge in [0.2, 0.25) is 5.91 Å². The normalized spacial score (nSPS) is 11.4. The van der Waals surface area contributed by atoms with Crippen LogP contribution in [0, 0.1) is 0 Å². The predicted molar refractivity (Wildman–Crippen MR) is 58.2 cm³/mol. The van der Waals surface area contributed by atoms with Crippen molar-refractivity contribution in [3.63, 3.8) is 0 Å². The number of rotatable bonds is 7. The van der Waals surface area contributed by atoms with Gasteiger partial charge in [0, 0.05) is 20.0 Å². The van der Waals surface area contributed by atoms with Crippen molar-refractivity contribution in [2.75, 3.05) is 19.3 Å². The van der Waals surface area contributed by atoms with Gasteiger partial charge in [0.25, 0.3) is 10.1 Å².